The van der Waals surface area contributed by atoms with Crippen molar-refractivity contribution in [2.24, 2.45) is 0 Å². The van der Waals surface area contributed by atoms with Gasteiger partial charge < -0.3 is 0 Å². The molecule has 3 heterocycles. The van der Waals surface area contributed by atoms with Crippen LogP contribution in [0.25, 0.3) is 38.9 Å². The Morgan fingerprint density at radius 2 is 1.44 bits per heavy atom. The van der Waals surface area contributed by atoms with Crippen molar-refractivity contribution >= 4 is 68.0 Å². The van der Waals surface area contributed by atoms with Crippen molar-refractivity contribution in [3.8, 4) is 5.69 Å². The third kappa shape index (κ3) is 3.51. The van der Waals surface area contributed by atoms with Crippen LogP contribution < -0.4 is 5.56 Å². The van der Waals surface area contributed by atoms with Crippen LogP contribution in [0.3, 0.4) is 0 Å². The van der Waals surface area contributed by atoms with Crippen molar-refractivity contribution in [3.63, 3.8) is 0 Å². The lowest BCUT2D eigenvalue weighted by Gasteiger charge is -2.09. The zero-order valence-corrected chi connectivity index (χ0v) is 19.7. The normalized spacial score (nSPS) is 11.6. The molecule has 0 N–H and O–H groups in total. The van der Waals surface area contributed by atoms with Crippen molar-refractivity contribution < 1.29 is 0 Å². The van der Waals surface area contributed by atoms with Gasteiger partial charge in [-0.1, -0.05) is 59.1 Å². The number of aromatic nitrogens is 5. The summed E-state index contributed by atoms with van der Waals surface area (Å²) in [5.74, 6) is 0. The molecule has 6 nitrogen and oxygen atoms in total. The molecule has 0 atom stereocenters. The average molecular weight is 507 g/mol. The number of halogens is 3. The van der Waals surface area contributed by atoms with Gasteiger partial charge in [0.2, 0.25) is 0 Å². The van der Waals surface area contributed by atoms with Gasteiger partial charge in [0.15, 0.2) is 11.3 Å². The summed E-state index contributed by atoms with van der Waals surface area (Å²) in [5.41, 5.74) is 4.13. The number of fused-ring (bicyclic) bond motifs is 4. The topological polar surface area (TPSA) is 65.6 Å². The van der Waals surface area contributed by atoms with Gasteiger partial charge in [-0.3, -0.25) is 13.9 Å². The molecule has 0 saturated carbocycles. The molecule has 166 valence electrons. The van der Waals surface area contributed by atoms with Crippen LogP contribution in [0.5, 0.6) is 0 Å². The molecule has 9 heteroatoms. The maximum Gasteiger partial charge on any atom is 0.265 e. The van der Waals surface area contributed by atoms with Gasteiger partial charge in [-0.25, -0.2) is 15.0 Å². The minimum Gasteiger partial charge on any atom is -0.294 e. The SMILES string of the molecule is O=c1c2c3nc4ccccc4nc3n(-c3cc(Cl)cc(Cl)c3)c2ncn1Cc1ccc(Cl)cc1. The quantitative estimate of drug-likeness (QED) is 0.283. The van der Waals surface area contributed by atoms with Gasteiger partial charge in [0, 0.05) is 15.1 Å². The zero-order valence-electron chi connectivity index (χ0n) is 17.4. The number of para-hydroxylation sites is 2. The highest BCUT2D eigenvalue weighted by molar-refractivity contribution is 6.35. The van der Waals surface area contributed by atoms with Crippen molar-refractivity contribution in [2.45, 2.75) is 6.54 Å². The highest BCUT2D eigenvalue weighted by atomic mass is 35.5. The van der Waals surface area contributed by atoms with E-state index >= 15 is 0 Å². The Morgan fingerprint density at radius 3 is 2.15 bits per heavy atom. The van der Waals surface area contributed by atoms with Crippen LogP contribution in [-0.2, 0) is 6.54 Å². The van der Waals surface area contributed by atoms with Crippen LogP contribution in [0.4, 0.5) is 0 Å². The Bertz CT molecular complexity index is 1770. The summed E-state index contributed by atoms with van der Waals surface area (Å²) in [7, 11) is 0. The summed E-state index contributed by atoms with van der Waals surface area (Å²) in [5, 5.41) is 1.93. The molecule has 0 bridgehead atoms. The van der Waals surface area contributed by atoms with Gasteiger partial charge in [0.25, 0.3) is 5.56 Å². The Hall–Kier alpha value is -3.45. The molecule has 0 aliphatic carbocycles. The van der Waals surface area contributed by atoms with E-state index in [9.17, 15) is 4.79 Å². The van der Waals surface area contributed by atoms with E-state index in [-0.39, 0.29) is 5.56 Å². The van der Waals surface area contributed by atoms with E-state index in [0.717, 1.165) is 5.56 Å². The molecule has 3 aromatic carbocycles. The molecule has 0 radical (unpaired) electrons. The van der Waals surface area contributed by atoms with E-state index in [1.807, 2.05) is 36.4 Å². The van der Waals surface area contributed by atoms with Crippen LogP contribution in [0.15, 0.2) is 77.9 Å². The first kappa shape index (κ1) is 21.1. The summed E-state index contributed by atoms with van der Waals surface area (Å²) in [6.07, 6.45) is 1.53. The third-order valence-corrected chi connectivity index (χ3v) is 6.29. The first-order chi connectivity index (χ1) is 16.5. The molecular formula is C25H14Cl3N5O. The second kappa shape index (κ2) is 8.09. The number of benzene rings is 3. The maximum absolute atomic E-state index is 13.7. The minimum absolute atomic E-state index is 0.221. The van der Waals surface area contributed by atoms with Crippen molar-refractivity contribution in [1.82, 2.24) is 24.1 Å². The van der Waals surface area contributed by atoms with Gasteiger partial charge in [-0.2, -0.15) is 0 Å². The monoisotopic (exact) mass is 505 g/mol. The van der Waals surface area contributed by atoms with Crippen LogP contribution in [0.2, 0.25) is 15.1 Å². The lowest BCUT2D eigenvalue weighted by atomic mass is 10.2. The molecule has 0 spiro atoms. The molecule has 3 aromatic heterocycles. The van der Waals surface area contributed by atoms with Crippen LogP contribution in [-0.4, -0.2) is 24.1 Å². The average Bonchev–Trinajstić information content (AvgIpc) is 3.14. The van der Waals surface area contributed by atoms with Gasteiger partial charge >= 0.3 is 0 Å². The predicted octanol–water partition coefficient (Wildman–Crippen LogP) is 6.29. The van der Waals surface area contributed by atoms with E-state index in [4.69, 9.17) is 44.8 Å². The summed E-state index contributed by atoms with van der Waals surface area (Å²) in [4.78, 5) is 28.0. The first-order valence-electron chi connectivity index (χ1n) is 10.4. The maximum atomic E-state index is 13.7. The fourth-order valence-electron chi connectivity index (χ4n) is 4.08. The fraction of sp³-hybridized carbons (Fsp3) is 0.0400. The molecule has 0 amide bonds. The van der Waals surface area contributed by atoms with E-state index in [2.05, 4.69) is 4.98 Å². The van der Waals surface area contributed by atoms with Gasteiger partial charge in [0.1, 0.15) is 17.2 Å². The highest BCUT2D eigenvalue weighted by Gasteiger charge is 2.21. The Labute approximate surface area is 208 Å². The standard InChI is InChI=1S/C25H14Cl3N5O/c26-15-7-5-14(6-8-15)12-32-13-29-23-21(25(32)34)22-24(31-20-4-2-1-3-19(20)30-22)33(23)18-10-16(27)9-17(28)11-18/h1-11,13H,12H2. The van der Waals surface area contributed by atoms with Crippen LogP contribution >= 0.6 is 34.8 Å². The number of rotatable bonds is 3. The second-order valence-electron chi connectivity index (χ2n) is 7.85. The Morgan fingerprint density at radius 1 is 0.765 bits per heavy atom. The summed E-state index contributed by atoms with van der Waals surface area (Å²) in [6, 6.07) is 20.0. The molecule has 34 heavy (non-hydrogen) atoms. The van der Waals surface area contributed by atoms with Crippen molar-refractivity contribution in [3.05, 3.63) is 104 Å². The van der Waals surface area contributed by atoms with E-state index in [0.29, 0.717) is 60.5 Å². The van der Waals surface area contributed by atoms with E-state index in [1.165, 1.54) is 6.33 Å². The molecule has 0 fully saturated rings. The molecular weight excluding hydrogens is 493 g/mol. The molecule has 0 saturated heterocycles. The van der Waals surface area contributed by atoms with Crippen LogP contribution in [0, 0.1) is 0 Å². The molecule has 6 rings (SSSR count). The van der Waals surface area contributed by atoms with Gasteiger partial charge in [-0.05, 0) is 48.0 Å². The lowest BCUT2D eigenvalue weighted by molar-refractivity contribution is 0.747. The Balaban J connectivity index is 1.68. The van der Waals surface area contributed by atoms with Crippen molar-refractivity contribution in [1.29, 1.82) is 0 Å². The molecule has 0 aliphatic heterocycles. The number of nitrogens with zero attached hydrogens (tertiary/aromatic N) is 5. The van der Waals surface area contributed by atoms with Gasteiger partial charge in [-0.15, -0.1) is 0 Å². The highest BCUT2D eigenvalue weighted by Crippen LogP contribution is 2.31. The largest absolute Gasteiger partial charge is 0.294 e. The van der Waals surface area contributed by atoms with Gasteiger partial charge in [0.05, 0.1) is 23.3 Å². The molecule has 6 aromatic rings. The summed E-state index contributed by atoms with van der Waals surface area (Å²) >= 11 is 18.6. The minimum atomic E-state index is -0.221. The molecule has 0 aliphatic rings. The summed E-state index contributed by atoms with van der Waals surface area (Å²) < 4.78 is 3.33. The van der Waals surface area contributed by atoms with Crippen molar-refractivity contribution in [2.75, 3.05) is 0 Å². The van der Waals surface area contributed by atoms with Crippen LogP contribution in [0.1, 0.15) is 5.56 Å². The lowest BCUT2D eigenvalue weighted by Crippen LogP contribution is -2.21. The fourth-order valence-corrected chi connectivity index (χ4v) is 4.72. The van der Waals surface area contributed by atoms with E-state index < -0.39 is 0 Å². The zero-order chi connectivity index (χ0) is 23.4. The molecule has 0 unspecified atom stereocenters. The smallest absolute Gasteiger partial charge is 0.265 e. The Kier molecular flexibility index (Phi) is 5.03. The summed E-state index contributed by atoms with van der Waals surface area (Å²) in [6.45, 7) is 0.343. The number of hydrogen-bond acceptors (Lipinski definition) is 4. The second-order valence-corrected chi connectivity index (χ2v) is 9.16. The van der Waals surface area contributed by atoms with E-state index in [1.54, 1.807) is 39.5 Å². The first-order valence-corrected chi connectivity index (χ1v) is 11.5. The number of hydrogen-bond donors (Lipinski definition) is 0. The predicted molar refractivity (Wildman–Crippen MR) is 137 cm³/mol. The third-order valence-electron chi connectivity index (χ3n) is 5.60.